The van der Waals surface area contributed by atoms with Crippen molar-refractivity contribution in [1.82, 2.24) is 0 Å². The molecule has 0 aliphatic carbocycles. The highest BCUT2D eigenvalue weighted by Gasteiger charge is 2.21. The normalized spacial score (nSPS) is 13.4. The van der Waals surface area contributed by atoms with Crippen molar-refractivity contribution in [3.8, 4) is 0 Å². The molecule has 0 spiro atoms. The van der Waals surface area contributed by atoms with Gasteiger partial charge in [0.2, 0.25) is 0 Å². The van der Waals surface area contributed by atoms with Crippen molar-refractivity contribution in [2.75, 3.05) is 6.61 Å². The number of hydrogen-bond donors (Lipinski definition) is 1. The van der Waals surface area contributed by atoms with E-state index in [1.807, 2.05) is 0 Å². The van der Waals surface area contributed by atoms with Crippen molar-refractivity contribution < 1.29 is 29.3 Å². The number of rotatable bonds is 7. The number of aliphatic imine (C=N–C) groups is 1. The first-order chi connectivity index (χ1) is 9.15. The largest absolute Gasteiger partial charge is 0.596 e. The van der Waals surface area contributed by atoms with Gasteiger partial charge in [-0.1, -0.05) is 6.08 Å². The Labute approximate surface area is 117 Å². The van der Waals surface area contributed by atoms with Gasteiger partial charge in [0.25, 0.3) is 0 Å². The third-order valence-electron chi connectivity index (χ3n) is 1.91. The molecule has 0 amide bonds. The average molecular weight is 286 g/mol. The molecule has 7 nitrogen and oxygen atoms in total. The molecule has 0 aliphatic heterocycles. The van der Waals surface area contributed by atoms with Gasteiger partial charge in [0.15, 0.2) is 0 Å². The molecule has 20 heavy (non-hydrogen) atoms. The number of carbonyl (C=O) groups is 2. The van der Waals surface area contributed by atoms with Gasteiger partial charge in [-0.2, -0.15) is 0 Å². The van der Waals surface area contributed by atoms with Crippen LogP contribution in [0.3, 0.4) is 0 Å². The van der Waals surface area contributed by atoms with Gasteiger partial charge in [-0.15, -0.1) is 6.58 Å². The third-order valence-corrected chi connectivity index (χ3v) is 1.91. The van der Waals surface area contributed by atoms with Crippen LogP contribution in [0.4, 0.5) is 0 Å². The molecule has 0 aromatic carbocycles. The smallest absolute Gasteiger partial charge is 0.328 e. The average Bonchev–Trinajstić information content (AvgIpc) is 2.29. The van der Waals surface area contributed by atoms with E-state index in [0.29, 0.717) is 0 Å². The summed E-state index contributed by atoms with van der Waals surface area (Å²) in [6, 6.07) is -1.33. The molecule has 0 aromatic heterocycles. The Morgan fingerprint density at radius 1 is 1.45 bits per heavy atom. The Morgan fingerprint density at radius 2 is 2.05 bits per heavy atom. The summed E-state index contributed by atoms with van der Waals surface area (Å²) in [5, 5.41) is 20.1. The van der Waals surface area contributed by atoms with Crippen molar-refractivity contribution in [3.05, 3.63) is 12.7 Å². The fourth-order valence-corrected chi connectivity index (χ4v) is 1.19. The number of hydrogen-bond acceptors (Lipinski definition) is 6. The molecule has 114 valence electrons. The maximum Gasteiger partial charge on any atom is 0.328 e. The molecule has 0 radical (unpaired) electrons. The number of nitrogens with zero attached hydrogens (tertiary/aromatic N) is 1. The summed E-state index contributed by atoms with van der Waals surface area (Å²) in [6.45, 7) is 8.40. The number of carboxylic acids is 1. The number of ether oxygens (including phenoxy) is 2. The summed E-state index contributed by atoms with van der Waals surface area (Å²) in [5.74, 6) is -1.84. The van der Waals surface area contributed by atoms with Crippen LogP contribution in [0.25, 0.3) is 0 Å². The maximum absolute atomic E-state index is 11.5. The van der Waals surface area contributed by atoms with Crippen molar-refractivity contribution >= 4 is 18.0 Å². The summed E-state index contributed by atoms with van der Waals surface area (Å²) in [5.41, 5.74) is -0.643. The SMILES string of the molecule is C=CCOC([O-])=NC(CCC(=O)OC(C)(C)C)C(=O)O. The molecule has 0 heterocycles. The van der Waals surface area contributed by atoms with Crippen LogP contribution >= 0.6 is 0 Å². The fourth-order valence-electron chi connectivity index (χ4n) is 1.19. The van der Waals surface area contributed by atoms with E-state index >= 15 is 0 Å². The first kappa shape index (κ1) is 17.9. The van der Waals surface area contributed by atoms with Crippen molar-refractivity contribution in [1.29, 1.82) is 0 Å². The molecule has 1 N–H and O–H groups in total. The van der Waals surface area contributed by atoms with Gasteiger partial charge in [-0.25, -0.2) is 4.79 Å². The Hall–Kier alpha value is -2.05. The number of carbonyl (C=O) groups excluding carboxylic acids is 1. The van der Waals surface area contributed by atoms with Gasteiger partial charge in [-0.05, 0) is 27.2 Å². The van der Waals surface area contributed by atoms with Crippen LogP contribution in [-0.4, -0.2) is 41.4 Å². The number of aliphatic carboxylic acids is 1. The molecule has 1 unspecified atom stereocenters. The second kappa shape index (κ2) is 8.19. The number of carboxylic acid groups (broad SMARTS) is 1. The molecule has 0 fully saturated rings. The topological polar surface area (TPSA) is 108 Å². The molecule has 0 bridgehead atoms. The summed E-state index contributed by atoms with van der Waals surface area (Å²) in [6.07, 6.45) is 0.0607. The van der Waals surface area contributed by atoms with E-state index in [0.717, 1.165) is 0 Å². The highest BCUT2D eigenvalue weighted by Crippen LogP contribution is 2.11. The molecule has 0 saturated carbocycles. The molecule has 0 rings (SSSR count). The Morgan fingerprint density at radius 3 is 2.50 bits per heavy atom. The lowest BCUT2D eigenvalue weighted by Gasteiger charge is -2.20. The summed E-state index contributed by atoms with van der Waals surface area (Å²) >= 11 is 0. The minimum Gasteiger partial charge on any atom is -0.596 e. The van der Waals surface area contributed by atoms with Gasteiger partial charge in [0, 0.05) is 13.0 Å². The second-order valence-electron chi connectivity index (χ2n) is 4.97. The number of esters is 1. The minimum atomic E-state index is -1.33. The zero-order valence-electron chi connectivity index (χ0n) is 11.9. The van der Waals surface area contributed by atoms with Gasteiger partial charge < -0.3 is 19.7 Å². The zero-order valence-corrected chi connectivity index (χ0v) is 11.9. The van der Waals surface area contributed by atoms with Gasteiger partial charge in [0.1, 0.15) is 17.7 Å². The standard InChI is InChI=1S/C13H21NO6/c1-5-8-19-12(18)14-9(11(16)17)6-7-10(15)20-13(2,3)4/h5,9H,1,6-8H2,2-4H3,(H,14,18)(H,16,17)/p-1. The van der Waals surface area contributed by atoms with Gasteiger partial charge in [-0.3, -0.25) is 9.79 Å². The van der Waals surface area contributed by atoms with Crippen molar-refractivity contribution in [2.24, 2.45) is 4.99 Å². The maximum atomic E-state index is 11.5. The van der Waals surface area contributed by atoms with E-state index in [1.54, 1.807) is 20.8 Å². The first-order valence-electron chi connectivity index (χ1n) is 6.09. The molecule has 1 atom stereocenters. The molecular weight excluding hydrogens is 266 g/mol. The van der Waals surface area contributed by atoms with E-state index in [4.69, 9.17) is 9.84 Å². The van der Waals surface area contributed by atoms with E-state index in [9.17, 15) is 14.7 Å². The molecule has 0 aromatic rings. The summed E-state index contributed by atoms with van der Waals surface area (Å²) in [7, 11) is 0. The Kier molecular flexibility index (Phi) is 7.35. The van der Waals surface area contributed by atoms with Crippen LogP contribution in [0.5, 0.6) is 0 Å². The van der Waals surface area contributed by atoms with Crippen LogP contribution in [-0.2, 0) is 19.1 Å². The third kappa shape index (κ3) is 8.96. The predicted octanol–water partition coefficient (Wildman–Crippen LogP) is 0.480. The quantitative estimate of drug-likeness (QED) is 0.315. The second-order valence-corrected chi connectivity index (χ2v) is 4.97. The zero-order chi connectivity index (χ0) is 15.8. The van der Waals surface area contributed by atoms with Crippen LogP contribution < -0.4 is 5.11 Å². The van der Waals surface area contributed by atoms with Crippen LogP contribution in [0.2, 0.25) is 0 Å². The predicted molar refractivity (Wildman–Crippen MR) is 70.1 cm³/mol. The van der Waals surface area contributed by atoms with Crippen LogP contribution in [0.15, 0.2) is 17.6 Å². The summed E-state index contributed by atoms with van der Waals surface area (Å²) < 4.78 is 9.59. The molecule has 7 heteroatoms. The van der Waals surface area contributed by atoms with Crippen LogP contribution in [0.1, 0.15) is 33.6 Å². The molecular formula is C13H20NO6-. The van der Waals surface area contributed by atoms with Gasteiger partial charge >= 0.3 is 11.9 Å². The van der Waals surface area contributed by atoms with E-state index < -0.39 is 29.7 Å². The monoisotopic (exact) mass is 286 g/mol. The molecule has 0 saturated heterocycles. The lowest BCUT2D eigenvalue weighted by molar-refractivity contribution is -0.250. The fraction of sp³-hybridized carbons (Fsp3) is 0.615. The summed E-state index contributed by atoms with van der Waals surface area (Å²) in [4.78, 5) is 25.8. The lowest BCUT2D eigenvalue weighted by Crippen LogP contribution is -2.29. The van der Waals surface area contributed by atoms with Gasteiger partial charge in [0.05, 0.1) is 0 Å². The Bertz CT molecular complexity index is 383. The molecule has 0 aliphatic rings. The van der Waals surface area contributed by atoms with Crippen molar-refractivity contribution in [2.45, 2.75) is 45.3 Å². The lowest BCUT2D eigenvalue weighted by atomic mass is 10.1. The van der Waals surface area contributed by atoms with Crippen LogP contribution in [0, 0.1) is 0 Å². The Balaban J connectivity index is 4.46. The first-order valence-corrected chi connectivity index (χ1v) is 6.09. The highest BCUT2D eigenvalue weighted by atomic mass is 16.6. The minimum absolute atomic E-state index is 0.0548. The highest BCUT2D eigenvalue weighted by molar-refractivity contribution is 5.78. The van der Waals surface area contributed by atoms with E-state index in [-0.39, 0.29) is 19.4 Å². The van der Waals surface area contributed by atoms with E-state index in [1.165, 1.54) is 6.08 Å². The van der Waals surface area contributed by atoms with Crippen molar-refractivity contribution in [3.63, 3.8) is 0 Å². The van der Waals surface area contributed by atoms with E-state index in [2.05, 4.69) is 16.3 Å².